The molecule has 72 valence electrons. The molecular weight excluding hydrogens is 160 g/mol. The van der Waals surface area contributed by atoms with E-state index in [1.54, 1.807) is 0 Å². The van der Waals surface area contributed by atoms with Crippen LogP contribution in [0.15, 0.2) is 22.9 Å². The van der Waals surface area contributed by atoms with Gasteiger partial charge in [0.2, 0.25) is 0 Å². The Morgan fingerprint density at radius 3 is 3.00 bits per heavy atom. The second-order valence-corrected chi connectivity index (χ2v) is 3.40. The van der Waals surface area contributed by atoms with Crippen LogP contribution in [0.4, 0.5) is 0 Å². The zero-order valence-corrected chi connectivity index (χ0v) is 8.48. The van der Waals surface area contributed by atoms with E-state index in [9.17, 15) is 0 Å². The first kappa shape index (κ1) is 10.0. The Morgan fingerprint density at radius 2 is 2.38 bits per heavy atom. The van der Waals surface area contributed by atoms with Gasteiger partial charge in [0, 0.05) is 18.5 Å². The molecule has 2 N–H and O–H groups in total. The largest absolute Gasteiger partial charge is 0.385 e. The zero-order chi connectivity index (χ0) is 9.68. The van der Waals surface area contributed by atoms with Gasteiger partial charge < -0.3 is 10.7 Å². The summed E-state index contributed by atoms with van der Waals surface area (Å²) < 4.78 is 0. The standard InChI is InChI=1S/C11H18N2/c1-3-9(2)11-10(6-7-12)5-4-8-13-11/h6-7,12-13H,3-5,8H2,1-2H3/b10-6-,11-9?,12-7?. The van der Waals surface area contributed by atoms with Crippen molar-refractivity contribution in [2.24, 2.45) is 0 Å². The molecule has 1 aliphatic heterocycles. The minimum atomic E-state index is 1.07. The lowest BCUT2D eigenvalue weighted by molar-refractivity contribution is 0.659. The van der Waals surface area contributed by atoms with Crippen molar-refractivity contribution in [3.63, 3.8) is 0 Å². The van der Waals surface area contributed by atoms with E-state index < -0.39 is 0 Å². The Labute approximate surface area is 80.2 Å². The first-order valence-corrected chi connectivity index (χ1v) is 4.93. The van der Waals surface area contributed by atoms with Gasteiger partial charge in [-0.3, -0.25) is 0 Å². The molecule has 0 saturated carbocycles. The Balaban J connectivity index is 2.91. The van der Waals surface area contributed by atoms with Crippen molar-refractivity contribution in [2.45, 2.75) is 33.1 Å². The lowest BCUT2D eigenvalue weighted by Gasteiger charge is -2.22. The normalized spacial score (nSPS) is 24.0. The van der Waals surface area contributed by atoms with Gasteiger partial charge in [-0.05, 0) is 37.8 Å². The first-order valence-electron chi connectivity index (χ1n) is 4.93. The van der Waals surface area contributed by atoms with Gasteiger partial charge in [-0.1, -0.05) is 12.5 Å². The van der Waals surface area contributed by atoms with Crippen LogP contribution in [-0.2, 0) is 0 Å². The Kier molecular flexibility index (Phi) is 3.74. The summed E-state index contributed by atoms with van der Waals surface area (Å²) in [5.74, 6) is 0. The van der Waals surface area contributed by atoms with E-state index in [0.717, 1.165) is 19.4 Å². The fourth-order valence-corrected chi connectivity index (χ4v) is 1.60. The molecule has 1 rings (SSSR count). The van der Waals surface area contributed by atoms with Gasteiger partial charge in [-0.15, -0.1) is 0 Å². The van der Waals surface area contributed by atoms with E-state index in [0.29, 0.717) is 0 Å². The molecule has 0 unspecified atom stereocenters. The predicted molar refractivity (Wildman–Crippen MR) is 57.1 cm³/mol. The monoisotopic (exact) mass is 178 g/mol. The van der Waals surface area contributed by atoms with Crippen LogP contribution in [0.25, 0.3) is 0 Å². The van der Waals surface area contributed by atoms with E-state index >= 15 is 0 Å². The van der Waals surface area contributed by atoms with Gasteiger partial charge in [0.1, 0.15) is 0 Å². The molecule has 0 aromatic carbocycles. The fourth-order valence-electron chi connectivity index (χ4n) is 1.60. The summed E-state index contributed by atoms with van der Waals surface area (Å²) >= 11 is 0. The number of rotatable bonds is 2. The van der Waals surface area contributed by atoms with Crippen LogP contribution < -0.4 is 5.32 Å². The summed E-state index contributed by atoms with van der Waals surface area (Å²) in [6.07, 6.45) is 6.65. The van der Waals surface area contributed by atoms with Crippen LogP contribution in [0.2, 0.25) is 0 Å². The quantitative estimate of drug-likeness (QED) is 0.626. The maximum atomic E-state index is 7.08. The van der Waals surface area contributed by atoms with Gasteiger partial charge in [0.25, 0.3) is 0 Å². The number of hydrogen-bond donors (Lipinski definition) is 2. The van der Waals surface area contributed by atoms with Crippen molar-refractivity contribution in [2.75, 3.05) is 6.54 Å². The molecule has 0 amide bonds. The lowest BCUT2D eigenvalue weighted by Crippen LogP contribution is -2.23. The number of piperidine rings is 1. The third-order valence-corrected chi connectivity index (χ3v) is 2.49. The molecule has 2 nitrogen and oxygen atoms in total. The minimum Gasteiger partial charge on any atom is -0.385 e. The summed E-state index contributed by atoms with van der Waals surface area (Å²) in [6, 6.07) is 0. The molecule has 13 heavy (non-hydrogen) atoms. The van der Waals surface area contributed by atoms with Gasteiger partial charge in [0.15, 0.2) is 0 Å². The Hall–Kier alpha value is -1.05. The summed E-state index contributed by atoms with van der Waals surface area (Å²) in [6.45, 7) is 5.40. The summed E-state index contributed by atoms with van der Waals surface area (Å²) in [7, 11) is 0. The number of allylic oxidation sites excluding steroid dienone is 3. The van der Waals surface area contributed by atoms with Gasteiger partial charge in [0.05, 0.1) is 0 Å². The van der Waals surface area contributed by atoms with E-state index in [2.05, 4.69) is 19.2 Å². The molecule has 1 saturated heterocycles. The Bertz CT molecular complexity index is 249. The summed E-state index contributed by atoms with van der Waals surface area (Å²) in [4.78, 5) is 0. The van der Waals surface area contributed by atoms with Gasteiger partial charge >= 0.3 is 0 Å². The highest BCUT2D eigenvalue weighted by Crippen LogP contribution is 2.22. The van der Waals surface area contributed by atoms with Crippen LogP contribution in [0.5, 0.6) is 0 Å². The van der Waals surface area contributed by atoms with E-state index in [4.69, 9.17) is 5.41 Å². The third-order valence-electron chi connectivity index (χ3n) is 2.49. The van der Waals surface area contributed by atoms with Crippen LogP contribution in [0, 0.1) is 5.41 Å². The van der Waals surface area contributed by atoms with Crippen molar-refractivity contribution < 1.29 is 0 Å². The van der Waals surface area contributed by atoms with E-state index in [1.165, 1.54) is 29.5 Å². The fraction of sp³-hybridized carbons (Fsp3) is 0.545. The average Bonchev–Trinajstić information content (AvgIpc) is 2.18. The molecule has 0 aromatic heterocycles. The zero-order valence-electron chi connectivity index (χ0n) is 8.48. The molecule has 0 aliphatic carbocycles. The lowest BCUT2D eigenvalue weighted by atomic mass is 9.98. The smallest absolute Gasteiger partial charge is 0.0362 e. The Morgan fingerprint density at radius 1 is 1.62 bits per heavy atom. The van der Waals surface area contributed by atoms with Crippen molar-refractivity contribution in [3.8, 4) is 0 Å². The van der Waals surface area contributed by atoms with Gasteiger partial charge in [-0.2, -0.15) is 0 Å². The molecule has 0 bridgehead atoms. The second kappa shape index (κ2) is 4.85. The maximum absolute atomic E-state index is 7.08. The summed E-state index contributed by atoms with van der Waals surface area (Å²) in [5.41, 5.74) is 3.96. The van der Waals surface area contributed by atoms with Crippen molar-refractivity contribution in [1.29, 1.82) is 5.41 Å². The van der Waals surface area contributed by atoms with Crippen LogP contribution in [0.1, 0.15) is 33.1 Å². The minimum absolute atomic E-state index is 1.07. The van der Waals surface area contributed by atoms with Gasteiger partial charge in [-0.25, -0.2) is 0 Å². The molecule has 2 heteroatoms. The molecule has 0 spiro atoms. The maximum Gasteiger partial charge on any atom is 0.0362 e. The molecule has 1 heterocycles. The molecule has 1 fully saturated rings. The highest BCUT2D eigenvalue weighted by atomic mass is 14.9. The van der Waals surface area contributed by atoms with Crippen LogP contribution in [-0.4, -0.2) is 12.8 Å². The molecule has 1 aliphatic rings. The topological polar surface area (TPSA) is 35.9 Å². The number of hydrogen-bond acceptors (Lipinski definition) is 2. The molecular formula is C11H18N2. The van der Waals surface area contributed by atoms with Crippen molar-refractivity contribution in [1.82, 2.24) is 5.32 Å². The highest BCUT2D eigenvalue weighted by Gasteiger charge is 2.11. The average molecular weight is 178 g/mol. The van der Waals surface area contributed by atoms with Crippen LogP contribution in [0.3, 0.4) is 0 Å². The van der Waals surface area contributed by atoms with E-state index in [1.807, 2.05) is 6.08 Å². The van der Waals surface area contributed by atoms with E-state index in [-0.39, 0.29) is 0 Å². The SMILES string of the molecule is CCC(C)=C1NCCC/C1=C/C=N. The molecule has 0 aromatic rings. The third kappa shape index (κ3) is 2.44. The summed E-state index contributed by atoms with van der Waals surface area (Å²) in [5, 5.41) is 10.5. The highest BCUT2D eigenvalue weighted by molar-refractivity contribution is 5.70. The van der Waals surface area contributed by atoms with Crippen molar-refractivity contribution in [3.05, 3.63) is 22.9 Å². The second-order valence-electron chi connectivity index (χ2n) is 3.40. The molecule has 0 atom stereocenters. The first-order chi connectivity index (χ1) is 6.29. The number of nitrogens with one attached hydrogen (secondary N) is 2. The molecule has 0 radical (unpaired) electrons. The predicted octanol–water partition coefficient (Wildman–Crippen LogP) is 2.63. The van der Waals surface area contributed by atoms with Crippen LogP contribution >= 0.6 is 0 Å². The van der Waals surface area contributed by atoms with Crippen molar-refractivity contribution >= 4 is 6.21 Å².